The van der Waals surface area contributed by atoms with Crippen LogP contribution >= 0.6 is 0 Å². The van der Waals surface area contributed by atoms with E-state index < -0.39 is 7.12 Å². The smallest absolute Gasteiger partial charge is 0.423 e. The summed E-state index contributed by atoms with van der Waals surface area (Å²) in [7, 11) is -0.198. The van der Waals surface area contributed by atoms with Crippen molar-refractivity contribution in [1.82, 2.24) is 0 Å². The quantitative estimate of drug-likeness (QED) is 0.587. The summed E-state index contributed by atoms with van der Waals surface area (Å²) in [6.07, 6.45) is 0. The van der Waals surface area contributed by atoms with E-state index in [0.717, 1.165) is 5.56 Å². The lowest BCUT2D eigenvalue weighted by atomic mass is 9.78. The van der Waals surface area contributed by atoms with Crippen molar-refractivity contribution in [2.75, 3.05) is 19.0 Å². The molecule has 0 radical (unpaired) electrons. The Balaban J connectivity index is 2.92. The van der Waals surface area contributed by atoms with E-state index in [0.29, 0.717) is 5.69 Å². The van der Waals surface area contributed by atoms with Gasteiger partial charge in [-0.2, -0.15) is 0 Å². The summed E-state index contributed by atoms with van der Waals surface area (Å²) in [5.74, 6) is -0.338. The van der Waals surface area contributed by atoms with Crippen LogP contribution in [-0.2, 0) is 9.53 Å². The topological polar surface area (TPSA) is 78.8 Å². The molecule has 0 aliphatic heterocycles. The van der Waals surface area contributed by atoms with Crippen molar-refractivity contribution >= 4 is 24.2 Å². The van der Waals surface area contributed by atoms with E-state index in [1.807, 2.05) is 6.92 Å². The van der Waals surface area contributed by atoms with Gasteiger partial charge in [-0.1, -0.05) is 12.1 Å². The standard InChI is InChI=1S/C10H14BNO4/c1-7-3-4-8(11(14)15)9(5-7)12-10(13)6-16-2/h3-5,14-15H,6H2,1-2H3,(H,12,13). The Labute approximate surface area is 94.2 Å². The molecule has 0 saturated carbocycles. The number of hydrogen-bond donors (Lipinski definition) is 3. The van der Waals surface area contributed by atoms with Crippen LogP contribution in [0.2, 0.25) is 0 Å². The first-order valence-electron chi connectivity index (χ1n) is 4.80. The zero-order chi connectivity index (χ0) is 12.1. The van der Waals surface area contributed by atoms with Crippen molar-refractivity contribution in [3.63, 3.8) is 0 Å². The van der Waals surface area contributed by atoms with E-state index in [1.165, 1.54) is 7.11 Å². The van der Waals surface area contributed by atoms with Crippen molar-refractivity contribution in [3.05, 3.63) is 23.8 Å². The molecule has 6 heteroatoms. The third-order valence-corrected chi connectivity index (χ3v) is 2.04. The van der Waals surface area contributed by atoms with E-state index in [9.17, 15) is 4.79 Å². The molecular formula is C10H14BNO4. The predicted octanol–water partition coefficient (Wildman–Crippen LogP) is -0.740. The molecule has 0 spiro atoms. The Bertz CT molecular complexity index is 381. The highest BCUT2D eigenvalue weighted by Crippen LogP contribution is 2.08. The molecule has 0 fully saturated rings. The number of hydrogen-bond acceptors (Lipinski definition) is 4. The molecule has 3 N–H and O–H groups in total. The van der Waals surface area contributed by atoms with E-state index in [4.69, 9.17) is 10.0 Å². The molecule has 5 nitrogen and oxygen atoms in total. The maximum atomic E-state index is 11.3. The predicted molar refractivity (Wildman–Crippen MR) is 61.5 cm³/mol. The highest BCUT2D eigenvalue weighted by Gasteiger charge is 2.17. The molecule has 16 heavy (non-hydrogen) atoms. The average Bonchev–Trinajstić information content (AvgIpc) is 2.17. The summed E-state index contributed by atoms with van der Waals surface area (Å²) in [6, 6.07) is 4.96. The molecule has 1 amide bonds. The van der Waals surface area contributed by atoms with Crippen LogP contribution in [0.4, 0.5) is 5.69 Å². The van der Waals surface area contributed by atoms with Gasteiger partial charge in [0.25, 0.3) is 0 Å². The minimum Gasteiger partial charge on any atom is -0.423 e. The first-order valence-corrected chi connectivity index (χ1v) is 4.80. The molecule has 1 rings (SSSR count). The first kappa shape index (κ1) is 12.7. The first-order chi connectivity index (χ1) is 7.54. The summed E-state index contributed by atoms with van der Waals surface area (Å²) in [5, 5.41) is 20.8. The average molecular weight is 223 g/mol. The summed E-state index contributed by atoms with van der Waals surface area (Å²) >= 11 is 0. The van der Waals surface area contributed by atoms with E-state index in [1.54, 1.807) is 18.2 Å². The van der Waals surface area contributed by atoms with Gasteiger partial charge in [0.15, 0.2) is 0 Å². The normalized spacial score (nSPS) is 10.0. The molecule has 0 saturated heterocycles. The molecular weight excluding hydrogens is 209 g/mol. The molecule has 0 unspecified atom stereocenters. The van der Waals surface area contributed by atoms with E-state index >= 15 is 0 Å². The number of ether oxygens (including phenoxy) is 1. The molecule has 0 bridgehead atoms. The third kappa shape index (κ3) is 3.34. The van der Waals surface area contributed by atoms with Crippen LogP contribution < -0.4 is 10.8 Å². The SMILES string of the molecule is COCC(=O)Nc1cc(C)ccc1B(O)O. The Kier molecular flexibility index (Phi) is 4.48. The minimum atomic E-state index is -1.61. The van der Waals surface area contributed by atoms with Gasteiger partial charge in [-0.15, -0.1) is 0 Å². The van der Waals surface area contributed by atoms with Crippen molar-refractivity contribution in [2.24, 2.45) is 0 Å². The molecule has 0 aromatic heterocycles. The van der Waals surface area contributed by atoms with Crippen molar-refractivity contribution < 1.29 is 19.6 Å². The van der Waals surface area contributed by atoms with Crippen molar-refractivity contribution in [2.45, 2.75) is 6.92 Å². The Hall–Kier alpha value is -1.37. The number of benzene rings is 1. The van der Waals surface area contributed by atoms with Crippen molar-refractivity contribution in [3.8, 4) is 0 Å². The van der Waals surface area contributed by atoms with Crippen molar-refractivity contribution in [1.29, 1.82) is 0 Å². The van der Waals surface area contributed by atoms with E-state index in [2.05, 4.69) is 10.1 Å². The van der Waals surface area contributed by atoms with Gasteiger partial charge in [0.1, 0.15) is 6.61 Å². The second kappa shape index (κ2) is 5.65. The zero-order valence-corrected chi connectivity index (χ0v) is 9.23. The van der Waals surface area contributed by atoms with Gasteiger partial charge in [-0.05, 0) is 18.6 Å². The Morgan fingerprint density at radius 2 is 2.19 bits per heavy atom. The number of rotatable bonds is 4. The van der Waals surface area contributed by atoms with Gasteiger partial charge in [0.05, 0.1) is 0 Å². The molecule has 0 atom stereocenters. The number of nitrogens with one attached hydrogen (secondary N) is 1. The summed E-state index contributed by atoms with van der Waals surface area (Å²) < 4.78 is 4.67. The molecule has 1 aromatic rings. The highest BCUT2D eigenvalue weighted by atomic mass is 16.5. The molecule has 1 aromatic carbocycles. The molecule has 86 valence electrons. The lowest BCUT2D eigenvalue weighted by Gasteiger charge is -2.11. The maximum Gasteiger partial charge on any atom is 0.490 e. The Morgan fingerprint density at radius 3 is 2.75 bits per heavy atom. The van der Waals surface area contributed by atoms with Crippen LogP contribution in [0, 0.1) is 6.92 Å². The van der Waals surface area contributed by atoms with Gasteiger partial charge < -0.3 is 20.1 Å². The van der Waals surface area contributed by atoms with Gasteiger partial charge in [0.2, 0.25) is 5.91 Å². The zero-order valence-electron chi connectivity index (χ0n) is 9.23. The number of anilines is 1. The molecule has 0 heterocycles. The number of carbonyl (C=O) groups excluding carboxylic acids is 1. The fraction of sp³-hybridized carbons (Fsp3) is 0.300. The van der Waals surface area contributed by atoms with Gasteiger partial charge in [-0.25, -0.2) is 0 Å². The largest absolute Gasteiger partial charge is 0.490 e. The summed E-state index contributed by atoms with van der Waals surface area (Å²) in [5.41, 5.74) is 1.56. The lowest BCUT2D eigenvalue weighted by molar-refractivity contribution is -0.119. The van der Waals surface area contributed by atoms with Crippen LogP contribution in [0.15, 0.2) is 18.2 Å². The second-order valence-corrected chi connectivity index (χ2v) is 3.45. The fourth-order valence-electron chi connectivity index (χ4n) is 1.32. The maximum absolute atomic E-state index is 11.3. The number of methoxy groups -OCH3 is 1. The number of carbonyl (C=O) groups is 1. The van der Waals surface area contributed by atoms with Crippen LogP contribution in [0.5, 0.6) is 0 Å². The monoisotopic (exact) mass is 223 g/mol. The van der Waals surface area contributed by atoms with Gasteiger partial charge >= 0.3 is 7.12 Å². The summed E-state index contributed by atoms with van der Waals surface area (Å²) in [6.45, 7) is 1.77. The lowest BCUT2D eigenvalue weighted by Crippen LogP contribution is -2.34. The second-order valence-electron chi connectivity index (χ2n) is 3.45. The minimum absolute atomic E-state index is 0.0745. The van der Waals surface area contributed by atoms with Crippen LogP contribution in [-0.4, -0.2) is 36.8 Å². The summed E-state index contributed by atoms with van der Waals surface area (Å²) in [4.78, 5) is 11.3. The molecule has 0 aliphatic carbocycles. The van der Waals surface area contributed by atoms with Crippen LogP contribution in [0.25, 0.3) is 0 Å². The van der Waals surface area contributed by atoms with Gasteiger partial charge in [-0.3, -0.25) is 4.79 Å². The Morgan fingerprint density at radius 1 is 1.50 bits per heavy atom. The fourth-order valence-corrected chi connectivity index (χ4v) is 1.32. The van der Waals surface area contributed by atoms with Crippen LogP contribution in [0.1, 0.15) is 5.56 Å². The number of amides is 1. The third-order valence-electron chi connectivity index (χ3n) is 2.04. The highest BCUT2D eigenvalue weighted by molar-refractivity contribution is 6.60. The van der Waals surface area contributed by atoms with E-state index in [-0.39, 0.29) is 18.0 Å². The van der Waals surface area contributed by atoms with Crippen LogP contribution in [0.3, 0.4) is 0 Å². The number of aryl methyl sites for hydroxylation is 1. The van der Waals surface area contributed by atoms with Gasteiger partial charge in [0, 0.05) is 18.3 Å². The molecule has 0 aliphatic rings.